The molecular formula is C7H10O3. The molecule has 0 amide bonds. The molecule has 0 spiro atoms. The minimum atomic E-state index is -1.57. The van der Waals surface area contributed by atoms with E-state index in [0.29, 0.717) is 18.4 Å². The molecule has 10 heavy (non-hydrogen) atoms. The maximum Gasteiger partial charge on any atom is 0.340 e. The van der Waals surface area contributed by atoms with Crippen LogP contribution in [0.1, 0.15) is 19.8 Å². The van der Waals surface area contributed by atoms with Gasteiger partial charge in [0.15, 0.2) is 5.60 Å². The smallest absolute Gasteiger partial charge is 0.340 e. The summed E-state index contributed by atoms with van der Waals surface area (Å²) in [6.07, 6.45) is 2.73. The zero-order chi connectivity index (χ0) is 7.78. The summed E-state index contributed by atoms with van der Waals surface area (Å²) in [6.45, 7) is 1.64. The molecule has 1 atom stereocenters. The van der Waals surface area contributed by atoms with E-state index in [2.05, 4.69) is 0 Å². The molecule has 2 N–H and O–H groups in total. The van der Waals surface area contributed by atoms with Crippen molar-refractivity contribution in [2.24, 2.45) is 0 Å². The number of carboxylic acid groups (broad SMARTS) is 1. The van der Waals surface area contributed by atoms with Gasteiger partial charge in [0.05, 0.1) is 0 Å². The Labute approximate surface area is 59.0 Å². The van der Waals surface area contributed by atoms with Gasteiger partial charge in [-0.2, -0.15) is 0 Å². The van der Waals surface area contributed by atoms with E-state index in [4.69, 9.17) is 5.11 Å². The summed E-state index contributed by atoms with van der Waals surface area (Å²) in [5, 5.41) is 17.9. The van der Waals surface area contributed by atoms with Crippen LogP contribution < -0.4 is 0 Å². The van der Waals surface area contributed by atoms with Crippen molar-refractivity contribution in [1.29, 1.82) is 0 Å². The summed E-state index contributed by atoms with van der Waals surface area (Å²) in [4.78, 5) is 10.4. The average molecular weight is 142 g/mol. The number of hydrogen-bond donors (Lipinski definition) is 2. The van der Waals surface area contributed by atoms with Crippen molar-refractivity contribution in [3.8, 4) is 0 Å². The first-order valence-electron chi connectivity index (χ1n) is 3.20. The SMILES string of the molecule is CC1=CCCC1(O)C(=O)O. The summed E-state index contributed by atoms with van der Waals surface area (Å²) in [5.74, 6) is -1.14. The van der Waals surface area contributed by atoms with Crippen LogP contribution in [0.2, 0.25) is 0 Å². The molecule has 0 aromatic carbocycles. The first-order valence-corrected chi connectivity index (χ1v) is 3.20. The third kappa shape index (κ3) is 0.827. The number of aliphatic carboxylic acids is 1. The van der Waals surface area contributed by atoms with Gasteiger partial charge in [0, 0.05) is 0 Å². The van der Waals surface area contributed by atoms with Crippen LogP contribution in [0.25, 0.3) is 0 Å². The Morgan fingerprint density at radius 1 is 1.80 bits per heavy atom. The fourth-order valence-electron chi connectivity index (χ4n) is 1.14. The molecule has 0 aromatic heterocycles. The second kappa shape index (κ2) is 2.09. The van der Waals surface area contributed by atoms with E-state index < -0.39 is 11.6 Å². The minimum absolute atomic E-state index is 0.314. The Hall–Kier alpha value is -0.830. The van der Waals surface area contributed by atoms with Crippen LogP contribution in [0.3, 0.4) is 0 Å². The summed E-state index contributed by atoms with van der Waals surface area (Å²) in [6, 6.07) is 0. The van der Waals surface area contributed by atoms with Crippen LogP contribution in [-0.4, -0.2) is 21.8 Å². The Bertz CT molecular complexity index is 195. The molecule has 0 aromatic rings. The number of aliphatic hydroxyl groups is 1. The van der Waals surface area contributed by atoms with Crippen LogP contribution in [-0.2, 0) is 4.79 Å². The van der Waals surface area contributed by atoms with E-state index in [9.17, 15) is 9.90 Å². The fourth-order valence-corrected chi connectivity index (χ4v) is 1.14. The largest absolute Gasteiger partial charge is 0.479 e. The molecule has 0 heterocycles. The van der Waals surface area contributed by atoms with Crippen molar-refractivity contribution >= 4 is 5.97 Å². The molecule has 1 aliphatic carbocycles. The van der Waals surface area contributed by atoms with Crippen molar-refractivity contribution < 1.29 is 15.0 Å². The van der Waals surface area contributed by atoms with Gasteiger partial charge in [-0.1, -0.05) is 6.08 Å². The third-order valence-electron chi connectivity index (χ3n) is 1.96. The molecule has 0 radical (unpaired) electrons. The maximum atomic E-state index is 10.4. The lowest BCUT2D eigenvalue weighted by Gasteiger charge is -2.17. The second-order valence-corrected chi connectivity index (χ2v) is 2.59. The molecule has 0 saturated heterocycles. The van der Waals surface area contributed by atoms with Gasteiger partial charge >= 0.3 is 5.97 Å². The molecular weight excluding hydrogens is 132 g/mol. The highest BCUT2D eigenvalue weighted by Crippen LogP contribution is 2.29. The van der Waals surface area contributed by atoms with Crippen LogP contribution >= 0.6 is 0 Å². The summed E-state index contributed by atoms with van der Waals surface area (Å²) in [7, 11) is 0. The van der Waals surface area contributed by atoms with Crippen molar-refractivity contribution in [1.82, 2.24) is 0 Å². The minimum Gasteiger partial charge on any atom is -0.479 e. The maximum absolute atomic E-state index is 10.4. The van der Waals surface area contributed by atoms with E-state index in [1.165, 1.54) is 0 Å². The molecule has 56 valence electrons. The molecule has 1 unspecified atom stereocenters. The van der Waals surface area contributed by atoms with Gasteiger partial charge in [-0.15, -0.1) is 0 Å². The van der Waals surface area contributed by atoms with Gasteiger partial charge in [-0.05, 0) is 25.3 Å². The number of carbonyl (C=O) groups is 1. The molecule has 1 rings (SSSR count). The molecule has 0 aliphatic heterocycles. The summed E-state index contributed by atoms with van der Waals surface area (Å²) >= 11 is 0. The van der Waals surface area contributed by atoms with Gasteiger partial charge in [0.25, 0.3) is 0 Å². The lowest BCUT2D eigenvalue weighted by atomic mass is 9.98. The molecule has 0 bridgehead atoms. The Balaban J connectivity index is 2.89. The Morgan fingerprint density at radius 3 is 2.60 bits per heavy atom. The second-order valence-electron chi connectivity index (χ2n) is 2.59. The van der Waals surface area contributed by atoms with Gasteiger partial charge < -0.3 is 10.2 Å². The zero-order valence-electron chi connectivity index (χ0n) is 5.79. The van der Waals surface area contributed by atoms with Gasteiger partial charge in [-0.25, -0.2) is 4.79 Å². The lowest BCUT2D eigenvalue weighted by Crippen LogP contribution is -2.37. The van der Waals surface area contributed by atoms with Crippen molar-refractivity contribution in [2.75, 3.05) is 0 Å². The van der Waals surface area contributed by atoms with E-state index in [0.717, 1.165) is 0 Å². The topological polar surface area (TPSA) is 57.5 Å². The lowest BCUT2D eigenvalue weighted by molar-refractivity contribution is -0.154. The normalized spacial score (nSPS) is 32.0. The quantitative estimate of drug-likeness (QED) is 0.525. The number of carboxylic acids is 1. The molecule has 3 nitrogen and oxygen atoms in total. The van der Waals surface area contributed by atoms with Crippen LogP contribution in [0.15, 0.2) is 11.6 Å². The van der Waals surface area contributed by atoms with Crippen LogP contribution in [0, 0.1) is 0 Å². The highest BCUT2D eigenvalue weighted by Gasteiger charge is 2.39. The first-order chi connectivity index (χ1) is 4.57. The predicted molar refractivity (Wildman–Crippen MR) is 35.6 cm³/mol. The highest BCUT2D eigenvalue weighted by molar-refractivity contribution is 5.81. The van der Waals surface area contributed by atoms with Crippen molar-refractivity contribution in [3.05, 3.63) is 11.6 Å². The van der Waals surface area contributed by atoms with Crippen LogP contribution in [0.5, 0.6) is 0 Å². The van der Waals surface area contributed by atoms with E-state index >= 15 is 0 Å². The van der Waals surface area contributed by atoms with Crippen molar-refractivity contribution in [3.63, 3.8) is 0 Å². The molecule has 3 heteroatoms. The summed E-state index contributed by atoms with van der Waals surface area (Å²) in [5.41, 5.74) is -1.01. The van der Waals surface area contributed by atoms with Crippen LogP contribution in [0.4, 0.5) is 0 Å². The highest BCUT2D eigenvalue weighted by atomic mass is 16.4. The van der Waals surface area contributed by atoms with Crippen molar-refractivity contribution in [2.45, 2.75) is 25.4 Å². The van der Waals surface area contributed by atoms with Gasteiger partial charge in [-0.3, -0.25) is 0 Å². The molecule has 0 fully saturated rings. The standard InChI is InChI=1S/C7H10O3/c1-5-3-2-4-7(5,10)6(8)9/h3,10H,2,4H2,1H3,(H,8,9). The van der Waals surface area contributed by atoms with E-state index in [1.54, 1.807) is 13.0 Å². The molecule has 1 aliphatic rings. The summed E-state index contributed by atoms with van der Waals surface area (Å²) < 4.78 is 0. The Kier molecular flexibility index (Phi) is 1.52. The zero-order valence-corrected chi connectivity index (χ0v) is 5.79. The van der Waals surface area contributed by atoms with Gasteiger partial charge in [0.2, 0.25) is 0 Å². The average Bonchev–Trinajstić information content (AvgIpc) is 2.15. The van der Waals surface area contributed by atoms with E-state index in [1.807, 2.05) is 0 Å². The number of rotatable bonds is 1. The molecule has 0 saturated carbocycles. The first kappa shape index (κ1) is 7.28. The monoisotopic (exact) mass is 142 g/mol. The number of hydrogen-bond acceptors (Lipinski definition) is 2. The van der Waals surface area contributed by atoms with Gasteiger partial charge in [0.1, 0.15) is 0 Å². The Morgan fingerprint density at radius 2 is 2.40 bits per heavy atom. The van der Waals surface area contributed by atoms with E-state index in [-0.39, 0.29) is 0 Å². The fraction of sp³-hybridized carbons (Fsp3) is 0.571. The third-order valence-corrected chi connectivity index (χ3v) is 1.96. The predicted octanol–water partition coefficient (Wildman–Crippen LogP) is 0.542. The number of allylic oxidation sites excluding steroid dienone is 1.